The number of carbonyl (C=O) groups is 2. The number of aryl methyl sites for hydroxylation is 1. The molecule has 0 fully saturated rings. The first-order valence-corrected chi connectivity index (χ1v) is 4.59. The summed E-state index contributed by atoms with van der Waals surface area (Å²) in [6.45, 7) is 1.91. The minimum absolute atomic E-state index is 0.371. The Hall–Kier alpha value is -1.90. The number of carbonyl (C=O) groups excluding carboxylic acids is 2. The van der Waals surface area contributed by atoms with Crippen molar-refractivity contribution in [2.45, 2.75) is 6.92 Å². The van der Waals surface area contributed by atoms with Crippen LogP contribution in [0.25, 0.3) is 6.08 Å². The van der Waals surface area contributed by atoms with Crippen molar-refractivity contribution >= 4 is 17.6 Å². The molecule has 0 unspecified atom stereocenters. The molecule has 0 atom stereocenters. The lowest BCUT2D eigenvalue weighted by Gasteiger charge is -2.13. The standard InChI is InChI=1S/C12H10O3/c1-7-5-8-3-4-9(13)12(14)11(8)10(6-7)15-2/h3-6H,1-2H3. The molecule has 0 radical (unpaired) electrons. The van der Waals surface area contributed by atoms with Crippen molar-refractivity contribution < 1.29 is 14.3 Å². The molecule has 1 aliphatic rings. The summed E-state index contributed by atoms with van der Waals surface area (Å²) in [6, 6.07) is 3.61. The highest BCUT2D eigenvalue weighted by atomic mass is 16.5. The quantitative estimate of drug-likeness (QED) is 0.652. The average molecular weight is 202 g/mol. The van der Waals surface area contributed by atoms with Gasteiger partial charge in [-0.15, -0.1) is 0 Å². The van der Waals surface area contributed by atoms with Gasteiger partial charge in [0, 0.05) is 0 Å². The molecule has 0 N–H and O–H groups in total. The molecular weight excluding hydrogens is 192 g/mol. The van der Waals surface area contributed by atoms with Crippen LogP contribution in [0.3, 0.4) is 0 Å². The van der Waals surface area contributed by atoms with Crippen LogP contribution in [0.1, 0.15) is 21.5 Å². The van der Waals surface area contributed by atoms with E-state index in [1.165, 1.54) is 13.2 Å². The second kappa shape index (κ2) is 3.35. The van der Waals surface area contributed by atoms with E-state index in [1.807, 2.05) is 13.0 Å². The van der Waals surface area contributed by atoms with E-state index in [0.29, 0.717) is 11.3 Å². The van der Waals surface area contributed by atoms with Crippen molar-refractivity contribution in [1.82, 2.24) is 0 Å². The van der Waals surface area contributed by atoms with Gasteiger partial charge in [0.1, 0.15) is 5.75 Å². The van der Waals surface area contributed by atoms with Gasteiger partial charge < -0.3 is 4.74 Å². The molecular formula is C12H10O3. The van der Waals surface area contributed by atoms with Crippen LogP contribution in [0, 0.1) is 6.92 Å². The van der Waals surface area contributed by atoms with E-state index in [1.54, 1.807) is 12.1 Å². The van der Waals surface area contributed by atoms with Crippen LogP contribution in [0.15, 0.2) is 18.2 Å². The Labute approximate surface area is 87.4 Å². The summed E-state index contributed by atoms with van der Waals surface area (Å²) >= 11 is 0. The number of fused-ring (bicyclic) bond motifs is 1. The van der Waals surface area contributed by atoms with Gasteiger partial charge in [-0.1, -0.05) is 12.1 Å². The fraction of sp³-hybridized carbons (Fsp3) is 0.167. The first-order chi connectivity index (χ1) is 7.13. The van der Waals surface area contributed by atoms with Gasteiger partial charge >= 0.3 is 0 Å². The van der Waals surface area contributed by atoms with Crippen LogP contribution >= 0.6 is 0 Å². The van der Waals surface area contributed by atoms with Crippen molar-refractivity contribution in [1.29, 1.82) is 0 Å². The van der Waals surface area contributed by atoms with E-state index in [2.05, 4.69) is 0 Å². The zero-order valence-corrected chi connectivity index (χ0v) is 8.53. The molecule has 0 bridgehead atoms. The summed E-state index contributed by atoms with van der Waals surface area (Å²) in [5.41, 5.74) is 2.12. The molecule has 0 saturated heterocycles. The predicted molar refractivity (Wildman–Crippen MR) is 56.1 cm³/mol. The smallest absolute Gasteiger partial charge is 0.237 e. The molecule has 1 aromatic carbocycles. The molecule has 76 valence electrons. The minimum Gasteiger partial charge on any atom is -0.496 e. The lowest BCUT2D eigenvalue weighted by molar-refractivity contribution is -0.110. The van der Waals surface area contributed by atoms with Gasteiger partial charge in [0.25, 0.3) is 0 Å². The number of ketones is 2. The Morgan fingerprint density at radius 3 is 2.53 bits per heavy atom. The molecule has 3 heteroatoms. The van der Waals surface area contributed by atoms with Crippen molar-refractivity contribution in [3.8, 4) is 5.75 Å². The maximum atomic E-state index is 11.6. The van der Waals surface area contributed by atoms with Crippen molar-refractivity contribution in [3.05, 3.63) is 34.9 Å². The van der Waals surface area contributed by atoms with Crippen LogP contribution in [0.2, 0.25) is 0 Å². The Morgan fingerprint density at radius 2 is 1.87 bits per heavy atom. The number of ether oxygens (including phenoxy) is 1. The number of methoxy groups -OCH3 is 1. The SMILES string of the molecule is COc1cc(C)cc2c1C(=O)C(=O)C=C2. The van der Waals surface area contributed by atoms with E-state index < -0.39 is 11.6 Å². The topological polar surface area (TPSA) is 43.4 Å². The van der Waals surface area contributed by atoms with Gasteiger partial charge in [0.15, 0.2) is 0 Å². The number of hydrogen-bond acceptors (Lipinski definition) is 3. The molecule has 0 amide bonds. The molecule has 1 aliphatic carbocycles. The Kier molecular flexibility index (Phi) is 2.15. The average Bonchev–Trinajstić information content (AvgIpc) is 2.22. The number of allylic oxidation sites excluding steroid dienone is 1. The molecule has 0 heterocycles. The fourth-order valence-corrected chi connectivity index (χ4v) is 1.68. The first-order valence-electron chi connectivity index (χ1n) is 4.59. The summed E-state index contributed by atoms with van der Waals surface area (Å²) < 4.78 is 5.11. The van der Waals surface area contributed by atoms with E-state index in [4.69, 9.17) is 4.74 Å². The third kappa shape index (κ3) is 1.46. The summed E-state index contributed by atoms with van der Waals surface area (Å²) in [4.78, 5) is 22.8. The van der Waals surface area contributed by atoms with Crippen LogP contribution in [-0.2, 0) is 4.79 Å². The maximum Gasteiger partial charge on any atom is 0.237 e. The van der Waals surface area contributed by atoms with E-state index in [-0.39, 0.29) is 0 Å². The number of benzene rings is 1. The zero-order chi connectivity index (χ0) is 11.0. The number of rotatable bonds is 1. The first kappa shape index (κ1) is 9.65. The van der Waals surface area contributed by atoms with Crippen LogP contribution in [-0.4, -0.2) is 18.7 Å². The predicted octanol–water partition coefficient (Wildman–Crippen LogP) is 1.78. The van der Waals surface area contributed by atoms with E-state index in [0.717, 1.165) is 11.1 Å². The maximum absolute atomic E-state index is 11.6. The lowest BCUT2D eigenvalue weighted by Crippen LogP contribution is -2.17. The highest BCUT2D eigenvalue weighted by Gasteiger charge is 2.24. The molecule has 15 heavy (non-hydrogen) atoms. The van der Waals surface area contributed by atoms with Gasteiger partial charge in [-0.25, -0.2) is 0 Å². The minimum atomic E-state index is -0.496. The van der Waals surface area contributed by atoms with Gasteiger partial charge in [-0.2, -0.15) is 0 Å². The monoisotopic (exact) mass is 202 g/mol. The Bertz CT molecular complexity index is 484. The molecule has 2 rings (SSSR count). The Morgan fingerprint density at radius 1 is 1.13 bits per heavy atom. The fourth-order valence-electron chi connectivity index (χ4n) is 1.68. The molecule has 3 nitrogen and oxygen atoms in total. The van der Waals surface area contributed by atoms with Gasteiger partial charge in [-0.05, 0) is 30.2 Å². The van der Waals surface area contributed by atoms with Crippen LogP contribution in [0.4, 0.5) is 0 Å². The number of hydrogen-bond donors (Lipinski definition) is 0. The molecule has 0 aliphatic heterocycles. The van der Waals surface area contributed by atoms with Gasteiger partial charge in [0.2, 0.25) is 11.6 Å². The third-order valence-corrected chi connectivity index (χ3v) is 2.36. The molecule has 0 saturated carbocycles. The molecule has 1 aromatic rings. The normalized spacial score (nSPS) is 14.0. The summed E-state index contributed by atoms with van der Waals surface area (Å²) in [6.07, 6.45) is 2.94. The molecule has 0 spiro atoms. The van der Waals surface area contributed by atoms with Gasteiger partial charge in [0.05, 0.1) is 12.7 Å². The van der Waals surface area contributed by atoms with Gasteiger partial charge in [-0.3, -0.25) is 9.59 Å². The van der Waals surface area contributed by atoms with Crippen LogP contribution < -0.4 is 4.74 Å². The zero-order valence-electron chi connectivity index (χ0n) is 8.53. The third-order valence-electron chi connectivity index (χ3n) is 2.36. The lowest BCUT2D eigenvalue weighted by atomic mass is 9.93. The second-order valence-corrected chi connectivity index (χ2v) is 3.46. The van der Waals surface area contributed by atoms with Crippen molar-refractivity contribution in [3.63, 3.8) is 0 Å². The van der Waals surface area contributed by atoms with Crippen LogP contribution in [0.5, 0.6) is 5.75 Å². The second-order valence-electron chi connectivity index (χ2n) is 3.46. The summed E-state index contributed by atoms with van der Waals surface area (Å²) in [5, 5.41) is 0. The highest BCUT2D eigenvalue weighted by Crippen LogP contribution is 2.28. The number of Topliss-reactive ketones (excluding diaryl/α,β-unsaturated/α-hetero) is 1. The largest absolute Gasteiger partial charge is 0.496 e. The summed E-state index contributed by atoms with van der Waals surface area (Å²) in [5.74, 6) is -0.526. The van der Waals surface area contributed by atoms with Crippen molar-refractivity contribution in [2.24, 2.45) is 0 Å². The van der Waals surface area contributed by atoms with E-state index in [9.17, 15) is 9.59 Å². The highest BCUT2D eigenvalue weighted by molar-refractivity contribution is 6.50. The summed E-state index contributed by atoms with van der Waals surface area (Å²) in [7, 11) is 1.49. The molecule has 0 aromatic heterocycles. The Balaban J connectivity index is 2.73. The van der Waals surface area contributed by atoms with Crippen molar-refractivity contribution in [2.75, 3.05) is 7.11 Å². The van der Waals surface area contributed by atoms with E-state index >= 15 is 0 Å².